The SMILES string of the molecule is C=C(C)C(C)(C)/C(=N/O)C(CC)CC. The minimum atomic E-state index is -0.203. The molecule has 0 atom stereocenters. The van der Waals surface area contributed by atoms with Crippen molar-refractivity contribution in [3.05, 3.63) is 12.2 Å². The van der Waals surface area contributed by atoms with Crippen molar-refractivity contribution in [2.24, 2.45) is 16.5 Å². The molecule has 0 spiro atoms. The van der Waals surface area contributed by atoms with Gasteiger partial charge in [-0.3, -0.25) is 0 Å². The number of nitrogens with zero attached hydrogens (tertiary/aromatic N) is 1. The lowest BCUT2D eigenvalue weighted by Crippen LogP contribution is -2.31. The first kappa shape index (κ1) is 13.2. The van der Waals surface area contributed by atoms with E-state index in [1.165, 1.54) is 0 Å². The predicted molar refractivity (Wildman–Crippen MR) is 61.9 cm³/mol. The fourth-order valence-corrected chi connectivity index (χ4v) is 1.61. The molecule has 0 aliphatic rings. The van der Waals surface area contributed by atoms with E-state index >= 15 is 0 Å². The van der Waals surface area contributed by atoms with E-state index in [0.29, 0.717) is 5.92 Å². The topological polar surface area (TPSA) is 32.6 Å². The van der Waals surface area contributed by atoms with Gasteiger partial charge in [-0.15, -0.1) is 0 Å². The molecular formula is C12H23NO. The molecule has 0 aliphatic carbocycles. The third-order valence-corrected chi connectivity index (χ3v) is 3.19. The van der Waals surface area contributed by atoms with Crippen molar-refractivity contribution in [1.29, 1.82) is 0 Å². The van der Waals surface area contributed by atoms with Crippen LogP contribution in [0.5, 0.6) is 0 Å². The molecule has 0 aliphatic heterocycles. The molecule has 0 rings (SSSR count). The maximum absolute atomic E-state index is 9.09. The zero-order chi connectivity index (χ0) is 11.4. The molecule has 2 heteroatoms. The maximum Gasteiger partial charge on any atom is 0.0697 e. The molecule has 0 radical (unpaired) electrons. The van der Waals surface area contributed by atoms with Gasteiger partial charge in [-0.05, 0) is 19.8 Å². The Morgan fingerprint density at radius 3 is 2.00 bits per heavy atom. The third kappa shape index (κ3) is 2.60. The van der Waals surface area contributed by atoms with E-state index in [9.17, 15) is 0 Å². The van der Waals surface area contributed by atoms with Crippen LogP contribution < -0.4 is 0 Å². The largest absolute Gasteiger partial charge is 0.411 e. The Hall–Kier alpha value is -0.790. The Balaban J connectivity index is 4.99. The molecule has 82 valence electrons. The molecule has 0 fully saturated rings. The quantitative estimate of drug-likeness (QED) is 0.309. The Labute approximate surface area is 87.7 Å². The lowest BCUT2D eigenvalue weighted by Gasteiger charge is -2.30. The highest BCUT2D eigenvalue weighted by Gasteiger charge is 2.30. The van der Waals surface area contributed by atoms with E-state index in [-0.39, 0.29) is 5.41 Å². The number of allylic oxidation sites excluding steroid dienone is 1. The standard InChI is InChI=1S/C12H23NO/c1-7-10(8-2)11(13-14)12(5,6)9(3)4/h10,14H,3,7-8H2,1-2,4-6H3/b13-11+. The highest BCUT2D eigenvalue weighted by Crippen LogP contribution is 2.32. The average Bonchev–Trinajstić information content (AvgIpc) is 2.13. The van der Waals surface area contributed by atoms with Crippen molar-refractivity contribution in [1.82, 2.24) is 0 Å². The van der Waals surface area contributed by atoms with E-state index < -0.39 is 0 Å². The summed E-state index contributed by atoms with van der Waals surface area (Å²) >= 11 is 0. The van der Waals surface area contributed by atoms with Crippen molar-refractivity contribution in [3.8, 4) is 0 Å². The summed E-state index contributed by atoms with van der Waals surface area (Å²) in [6.45, 7) is 14.3. The second-order valence-corrected chi connectivity index (χ2v) is 4.40. The van der Waals surface area contributed by atoms with Crippen molar-refractivity contribution in [2.75, 3.05) is 0 Å². The molecule has 0 unspecified atom stereocenters. The zero-order valence-electron chi connectivity index (χ0n) is 10.1. The Morgan fingerprint density at radius 2 is 1.79 bits per heavy atom. The smallest absolute Gasteiger partial charge is 0.0697 e. The maximum atomic E-state index is 9.09. The lowest BCUT2D eigenvalue weighted by molar-refractivity contribution is 0.304. The molecule has 0 aromatic rings. The van der Waals surface area contributed by atoms with Crippen molar-refractivity contribution < 1.29 is 5.21 Å². The lowest BCUT2D eigenvalue weighted by atomic mass is 9.74. The molecule has 0 amide bonds. The van der Waals surface area contributed by atoms with Crippen molar-refractivity contribution >= 4 is 5.71 Å². The predicted octanol–water partition coefficient (Wildman–Crippen LogP) is 3.86. The molecular weight excluding hydrogens is 174 g/mol. The summed E-state index contributed by atoms with van der Waals surface area (Å²) in [6.07, 6.45) is 2.01. The van der Waals surface area contributed by atoms with Crippen LogP contribution in [0.1, 0.15) is 47.5 Å². The number of oxime groups is 1. The molecule has 0 aromatic heterocycles. The zero-order valence-corrected chi connectivity index (χ0v) is 10.1. The summed E-state index contributed by atoms with van der Waals surface area (Å²) in [5.74, 6) is 0.353. The van der Waals surface area contributed by atoms with Gasteiger partial charge < -0.3 is 5.21 Å². The minimum Gasteiger partial charge on any atom is -0.411 e. The van der Waals surface area contributed by atoms with Gasteiger partial charge in [-0.25, -0.2) is 0 Å². The van der Waals surface area contributed by atoms with E-state index in [2.05, 4.69) is 39.4 Å². The van der Waals surface area contributed by atoms with E-state index in [1.54, 1.807) is 0 Å². The van der Waals surface area contributed by atoms with Crippen LogP contribution in [0.4, 0.5) is 0 Å². The molecule has 0 bridgehead atoms. The van der Waals surface area contributed by atoms with Gasteiger partial charge >= 0.3 is 0 Å². The number of rotatable bonds is 5. The summed E-state index contributed by atoms with van der Waals surface area (Å²) < 4.78 is 0. The molecule has 0 aromatic carbocycles. The summed E-state index contributed by atoms with van der Waals surface area (Å²) in [4.78, 5) is 0. The van der Waals surface area contributed by atoms with Gasteiger partial charge in [0.15, 0.2) is 0 Å². The van der Waals surface area contributed by atoms with Gasteiger partial charge in [0.1, 0.15) is 0 Å². The van der Waals surface area contributed by atoms with E-state index in [4.69, 9.17) is 5.21 Å². The van der Waals surface area contributed by atoms with Crippen LogP contribution in [0.3, 0.4) is 0 Å². The number of hydrogen-bond donors (Lipinski definition) is 1. The Morgan fingerprint density at radius 1 is 1.36 bits per heavy atom. The average molecular weight is 197 g/mol. The van der Waals surface area contributed by atoms with Gasteiger partial charge in [-0.2, -0.15) is 0 Å². The van der Waals surface area contributed by atoms with Gasteiger partial charge in [0.05, 0.1) is 5.71 Å². The first-order valence-corrected chi connectivity index (χ1v) is 5.30. The van der Waals surface area contributed by atoms with Crippen LogP contribution in [0.2, 0.25) is 0 Å². The second-order valence-electron chi connectivity index (χ2n) is 4.40. The van der Waals surface area contributed by atoms with Crippen molar-refractivity contribution in [3.63, 3.8) is 0 Å². The van der Waals surface area contributed by atoms with Gasteiger partial charge in [0.25, 0.3) is 0 Å². The molecule has 2 nitrogen and oxygen atoms in total. The van der Waals surface area contributed by atoms with Crippen LogP contribution in [0.15, 0.2) is 17.3 Å². The summed E-state index contributed by atoms with van der Waals surface area (Å²) in [7, 11) is 0. The number of hydrogen-bond acceptors (Lipinski definition) is 2. The van der Waals surface area contributed by atoms with Crippen LogP contribution in [0.25, 0.3) is 0 Å². The first-order valence-electron chi connectivity index (χ1n) is 5.30. The highest BCUT2D eigenvalue weighted by molar-refractivity contribution is 5.93. The van der Waals surface area contributed by atoms with Crippen LogP contribution in [-0.4, -0.2) is 10.9 Å². The third-order valence-electron chi connectivity index (χ3n) is 3.19. The molecule has 1 N–H and O–H groups in total. The first-order chi connectivity index (χ1) is 6.41. The fourth-order valence-electron chi connectivity index (χ4n) is 1.61. The summed E-state index contributed by atoms with van der Waals surface area (Å²) in [5, 5.41) is 12.6. The summed E-state index contributed by atoms with van der Waals surface area (Å²) in [6, 6.07) is 0. The summed E-state index contributed by atoms with van der Waals surface area (Å²) in [5.41, 5.74) is 1.69. The molecule has 0 heterocycles. The van der Waals surface area contributed by atoms with Crippen LogP contribution in [0, 0.1) is 11.3 Å². The molecule has 14 heavy (non-hydrogen) atoms. The highest BCUT2D eigenvalue weighted by atomic mass is 16.4. The van der Waals surface area contributed by atoms with E-state index in [0.717, 1.165) is 24.1 Å². The monoisotopic (exact) mass is 197 g/mol. The Bertz CT molecular complexity index is 224. The van der Waals surface area contributed by atoms with Gasteiger partial charge in [0.2, 0.25) is 0 Å². The van der Waals surface area contributed by atoms with Gasteiger partial charge in [-0.1, -0.05) is 45.0 Å². The minimum absolute atomic E-state index is 0.203. The van der Waals surface area contributed by atoms with Gasteiger partial charge in [0, 0.05) is 11.3 Å². The van der Waals surface area contributed by atoms with Crippen LogP contribution >= 0.6 is 0 Å². The molecule has 0 saturated carbocycles. The normalized spacial score (nSPS) is 13.4. The second kappa shape index (κ2) is 5.18. The molecule has 0 saturated heterocycles. The Kier molecular flexibility index (Phi) is 4.89. The fraction of sp³-hybridized carbons (Fsp3) is 0.750. The van der Waals surface area contributed by atoms with E-state index in [1.807, 2.05) is 6.92 Å². The van der Waals surface area contributed by atoms with Crippen LogP contribution in [-0.2, 0) is 0 Å². The van der Waals surface area contributed by atoms with Crippen molar-refractivity contribution in [2.45, 2.75) is 47.5 Å².